The number of hydrogen-bond acceptors (Lipinski definition) is 5. The van der Waals surface area contributed by atoms with Crippen LogP contribution in [0.4, 0.5) is 0 Å². The summed E-state index contributed by atoms with van der Waals surface area (Å²) in [6.07, 6.45) is 1.70. The van der Waals surface area contributed by atoms with Gasteiger partial charge in [0.2, 0.25) is 5.91 Å². The lowest BCUT2D eigenvalue weighted by molar-refractivity contribution is -0.117. The van der Waals surface area contributed by atoms with Gasteiger partial charge in [0, 0.05) is 0 Å². The van der Waals surface area contributed by atoms with Gasteiger partial charge in [-0.1, -0.05) is 36.4 Å². The number of primary amides is 1. The number of rotatable bonds is 5. The largest absolute Gasteiger partial charge is 0.369 e. The highest BCUT2D eigenvalue weighted by atomic mass is 32.2. The molecule has 0 radical (unpaired) electrons. The third-order valence-electron chi connectivity index (χ3n) is 1.53. The minimum absolute atomic E-state index is 0.200. The van der Waals surface area contributed by atoms with Gasteiger partial charge in [-0.15, -0.1) is 0 Å². The molecule has 0 spiro atoms. The Labute approximate surface area is 95.3 Å². The summed E-state index contributed by atoms with van der Waals surface area (Å²) in [5.74, 6) is -0.294. The summed E-state index contributed by atoms with van der Waals surface area (Å²) in [5.41, 5.74) is 5.26. The van der Waals surface area contributed by atoms with Crippen LogP contribution in [0.2, 0.25) is 0 Å². The van der Waals surface area contributed by atoms with Gasteiger partial charge in [-0.2, -0.15) is 5.10 Å². The fraction of sp³-hybridized carbons (Fsp3) is 0.571. The molecule has 7 heteroatoms. The minimum atomic E-state index is -0.294. The predicted octanol–water partition coefficient (Wildman–Crippen LogP) is 1.95. The monoisotopic (exact) mass is 249 g/mol. The fourth-order valence-electron chi connectivity index (χ4n) is 0.910. The normalized spacial score (nSPS) is 12.6. The number of thioether (sulfide) groups is 1. The smallest absolute Gasteiger partial charge is 0.230 e. The van der Waals surface area contributed by atoms with Crippen LogP contribution >= 0.6 is 35.3 Å². The molecule has 1 rings (SSSR count). The van der Waals surface area contributed by atoms with Crippen molar-refractivity contribution in [3.05, 3.63) is 3.95 Å². The van der Waals surface area contributed by atoms with E-state index in [0.29, 0.717) is 3.95 Å². The van der Waals surface area contributed by atoms with Gasteiger partial charge in [0.05, 0.1) is 5.25 Å². The second kappa shape index (κ2) is 5.47. The highest BCUT2D eigenvalue weighted by Crippen LogP contribution is 2.27. The van der Waals surface area contributed by atoms with Gasteiger partial charge in [-0.3, -0.25) is 9.89 Å². The molecular formula is C7H11N3OS3. The number of carbonyl (C=O) groups excluding carboxylic acids is 1. The van der Waals surface area contributed by atoms with Crippen molar-refractivity contribution in [2.24, 2.45) is 5.73 Å². The van der Waals surface area contributed by atoms with Crippen LogP contribution in [-0.2, 0) is 4.79 Å². The minimum Gasteiger partial charge on any atom is -0.369 e. The van der Waals surface area contributed by atoms with Crippen LogP contribution in [0.3, 0.4) is 0 Å². The van der Waals surface area contributed by atoms with Crippen molar-refractivity contribution in [3.63, 3.8) is 0 Å². The van der Waals surface area contributed by atoms with E-state index in [9.17, 15) is 4.79 Å². The first kappa shape index (κ1) is 11.7. The molecule has 1 atom stereocenters. The number of aromatic amines is 1. The van der Waals surface area contributed by atoms with E-state index in [1.807, 2.05) is 6.92 Å². The van der Waals surface area contributed by atoms with Crippen LogP contribution in [-0.4, -0.2) is 21.4 Å². The van der Waals surface area contributed by atoms with Crippen LogP contribution < -0.4 is 5.73 Å². The first-order valence-electron chi connectivity index (χ1n) is 4.15. The molecule has 0 aliphatic carbocycles. The lowest BCUT2D eigenvalue weighted by Crippen LogP contribution is -2.25. The summed E-state index contributed by atoms with van der Waals surface area (Å²) in [6, 6.07) is 0. The second-order valence-electron chi connectivity index (χ2n) is 2.68. The standard InChI is InChI=1S/C7H11N3OS3/c1-2-3-4(5(8)11)13-7-10-9-6(12)14-7/h4H,2-3H2,1H3,(H2,8,11)(H,9,12). The molecule has 14 heavy (non-hydrogen) atoms. The van der Waals surface area contributed by atoms with E-state index in [1.54, 1.807) is 0 Å². The Kier molecular flexibility index (Phi) is 4.56. The number of nitrogens with two attached hydrogens (primary N) is 1. The molecule has 4 nitrogen and oxygen atoms in total. The van der Waals surface area contributed by atoms with Crippen LogP contribution in [0.5, 0.6) is 0 Å². The summed E-state index contributed by atoms with van der Waals surface area (Å²) in [7, 11) is 0. The third-order valence-corrected chi connectivity index (χ3v) is 4.00. The lowest BCUT2D eigenvalue weighted by atomic mass is 10.2. The van der Waals surface area contributed by atoms with Crippen molar-refractivity contribution in [3.8, 4) is 0 Å². The highest BCUT2D eigenvalue weighted by Gasteiger charge is 2.17. The van der Waals surface area contributed by atoms with E-state index in [4.69, 9.17) is 18.0 Å². The maximum Gasteiger partial charge on any atom is 0.230 e. The topological polar surface area (TPSA) is 71.8 Å². The molecule has 1 aromatic heterocycles. The molecule has 0 bridgehead atoms. The van der Waals surface area contributed by atoms with Crippen LogP contribution in [0.25, 0.3) is 0 Å². The zero-order valence-electron chi connectivity index (χ0n) is 7.65. The van der Waals surface area contributed by atoms with E-state index in [2.05, 4.69) is 10.2 Å². The van der Waals surface area contributed by atoms with E-state index in [-0.39, 0.29) is 11.2 Å². The molecule has 1 unspecified atom stereocenters. The van der Waals surface area contributed by atoms with Crippen LogP contribution in [0, 0.1) is 3.95 Å². The summed E-state index contributed by atoms with van der Waals surface area (Å²) in [6.45, 7) is 2.02. The SMILES string of the molecule is CCCC(Sc1n[nH]c(=S)s1)C(N)=O. The molecule has 1 heterocycles. The van der Waals surface area contributed by atoms with Gasteiger partial charge in [0.25, 0.3) is 0 Å². The Bertz CT molecular complexity index is 359. The molecule has 0 saturated heterocycles. The Balaban J connectivity index is 2.64. The molecule has 0 aliphatic rings. The number of amides is 1. The molecule has 0 aliphatic heterocycles. The average Bonchev–Trinajstić information content (AvgIpc) is 2.50. The number of H-pyrrole nitrogens is 1. The Morgan fingerprint density at radius 1 is 1.86 bits per heavy atom. The Morgan fingerprint density at radius 2 is 2.57 bits per heavy atom. The van der Waals surface area contributed by atoms with Crippen molar-refractivity contribution >= 4 is 41.2 Å². The molecule has 78 valence electrons. The molecule has 0 fully saturated rings. The predicted molar refractivity (Wildman–Crippen MR) is 61.0 cm³/mol. The second-order valence-corrected chi connectivity index (χ2v) is 5.79. The van der Waals surface area contributed by atoms with Crippen molar-refractivity contribution < 1.29 is 4.79 Å². The number of nitrogens with one attached hydrogen (secondary N) is 1. The first-order valence-corrected chi connectivity index (χ1v) is 6.25. The molecule has 1 amide bonds. The molecule has 0 saturated carbocycles. The van der Waals surface area contributed by atoms with Gasteiger partial charge in [-0.05, 0) is 18.6 Å². The highest BCUT2D eigenvalue weighted by molar-refractivity contribution is 8.02. The van der Waals surface area contributed by atoms with E-state index in [0.717, 1.165) is 17.2 Å². The van der Waals surface area contributed by atoms with Gasteiger partial charge in [-0.25, -0.2) is 0 Å². The lowest BCUT2D eigenvalue weighted by Gasteiger charge is -2.08. The summed E-state index contributed by atoms with van der Waals surface area (Å²) < 4.78 is 1.39. The fourth-order valence-corrected chi connectivity index (χ4v) is 3.29. The molecule has 0 aromatic carbocycles. The molecular weight excluding hydrogens is 238 g/mol. The number of carbonyl (C=O) groups is 1. The van der Waals surface area contributed by atoms with Crippen LogP contribution in [0.15, 0.2) is 4.34 Å². The van der Waals surface area contributed by atoms with Crippen molar-refractivity contribution in [2.75, 3.05) is 0 Å². The third kappa shape index (κ3) is 3.39. The van der Waals surface area contributed by atoms with E-state index >= 15 is 0 Å². The van der Waals surface area contributed by atoms with Gasteiger partial charge >= 0.3 is 0 Å². The van der Waals surface area contributed by atoms with E-state index in [1.165, 1.54) is 23.1 Å². The van der Waals surface area contributed by atoms with Gasteiger partial charge in [0.1, 0.15) is 0 Å². The maximum absolute atomic E-state index is 11.0. The summed E-state index contributed by atoms with van der Waals surface area (Å²) >= 11 is 7.63. The number of nitrogens with zero attached hydrogens (tertiary/aromatic N) is 1. The maximum atomic E-state index is 11.0. The average molecular weight is 249 g/mol. The Hall–Kier alpha value is -0.400. The number of hydrogen-bond donors (Lipinski definition) is 2. The molecule has 3 N–H and O–H groups in total. The van der Waals surface area contributed by atoms with Gasteiger partial charge < -0.3 is 5.73 Å². The number of aromatic nitrogens is 2. The summed E-state index contributed by atoms with van der Waals surface area (Å²) in [5, 5.41) is 6.43. The zero-order chi connectivity index (χ0) is 10.6. The van der Waals surface area contributed by atoms with Crippen molar-refractivity contribution in [1.29, 1.82) is 0 Å². The van der Waals surface area contributed by atoms with Crippen molar-refractivity contribution in [2.45, 2.75) is 29.4 Å². The zero-order valence-corrected chi connectivity index (χ0v) is 10.1. The first-order chi connectivity index (χ1) is 6.63. The van der Waals surface area contributed by atoms with Gasteiger partial charge in [0.15, 0.2) is 8.29 Å². The van der Waals surface area contributed by atoms with E-state index < -0.39 is 0 Å². The quantitative estimate of drug-likeness (QED) is 0.618. The van der Waals surface area contributed by atoms with Crippen molar-refractivity contribution in [1.82, 2.24) is 10.2 Å². The molecule has 1 aromatic rings. The van der Waals surface area contributed by atoms with Crippen LogP contribution in [0.1, 0.15) is 19.8 Å². The Morgan fingerprint density at radius 3 is 3.00 bits per heavy atom. The summed E-state index contributed by atoms with van der Waals surface area (Å²) in [4.78, 5) is 11.0.